The third-order valence-corrected chi connectivity index (χ3v) is 2.00. The monoisotopic (exact) mass is 219 g/mol. The lowest BCUT2D eigenvalue weighted by molar-refractivity contribution is -0.139. The maximum atomic E-state index is 11.3. The lowest BCUT2D eigenvalue weighted by Crippen LogP contribution is -2.32. The molecule has 0 fully saturated rings. The zero-order valence-corrected chi connectivity index (χ0v) is 8.67. The van der Waals surface area contributed by atoms with E-state index in [1.807, 2.05) is 30.3 Å². The van der Waals surface area contributed by atoms with Crippen LogP contribution in [0, 0.1) is 0 Å². The summed E-state index contributed by atoms with van der Waals surface area (Å²) in [7, 11) is 0. The molecule has 4 heteroatoms. The molecule has 1 rings (SSSR count). The summed E-state index contributed by atoms with van der Waals surface area (Å²) < 4.78 is 0. The molecule has 0 bridgehead atoms. The SMILES string of the molecule is N[C@@H](CC(=O)C=Cc1ccccc1)C(=O)O. The van der Waals surface area contributed by atoms with E-state index in [-0.39, 0.29) is 12.2 Å². The topological polar surface area (TPSA) is 80.4 Å². The van der Waals surface area contributed by atoms with E-state index >= 15 is 0 Å². The maximum Gasteiger partial charge on any atom is 0.320 e. The van der Waals surface area contributed by atoms with Crippen molar-refractivity contribution in [3.63, 3.8) is 0 Å². The minimum atomic E-state index is -1.17. The molecule has 84 valence electrons. The van der Waals surface area contributed by atoms with Crippen molar-refractivity contribution in [1.29, 1.82) is 0 Å². The number of ketones is 1. The van der Waals surface area contributed by atoms with Gasteiger partial charge in [-0.05, 0) is 11.6 Å². The van der Waals surface area contributed by atoms with Crippen LogP contribution in [0.25, 0.3) is 6.08 Å². The van der Waals surface area contributed by atoms with Crippen molar-refractivity contribution in [2.75, 3.05) is 0 Å². The minimum absolute atomic E-state index is 0.182. The molecule has 16 heavy (non-hydrogen) atoms. The van der Waals surface area contributed by atoms with Crippen LogP contribution in [0.4, 0.5) is 0 Å². The number of carbonyl (C=O) groups is 2. The van der Waals surface area contributed by atoms with Crippen LogP contribution in [0.15, 0.2) is 36.4 Å². The van der Waals surface area contributed by atoms with E-state index in [4.69, 9.17) is 10.8 Å². The Hall–Kier alpha value is -1.94. The molecule has 0 aliphatic heterocycles. The molecule has 1 atom stereocenters. The average molecular weight is 219 g/mol. The van der Waals surface area contributed by atoms with Crippen molar-refractivity contribution >= 4 is 17.8 Å². The Bertz CT molecular complexity index is 398. The number of carboxylic acids is 1. The van der Waals surface area contributed by atoms with Crippen LogP contribution in [0.3, 0.4) is 0 Å². The Morgan fingerprint density at radius 2 is 1.94 bits per heavy atom. The van der Waals surface area contributed by atoms with Gasteiger partial charge in [-0.1, -0.05) is 36.4 Å². The molecule has 0 aliphatic rings. The van der Waals surface area contributed by atoms with Gasteiger partial charge in [0.05, 0.1) is 0 Å². The molecule has 3 N–H and O–H groups in total. The van der Waals surface area contributed by atoms with Gasteiger partial charge in [0.15, 0.2) is 5.78 Å². The summed E-state index contributed by atoms with van der Waals surface area (Å²) in [6, 6.07) is 8.15. The first-order valence-corrected chi connectivity index (χ1v) is 4.84. The van der Waals surface area contributed by atoms with Crippen molar-refractivity contribution < 1.29 is 14.7 Å². The van der Waals surface area contributed by atoms with Crippen molar-refractivity contribution in [2.24, 2.45) is 5.73 Å². The van der Waals surface area contributed by atoms with Crippen LogP contribution in [-0.4, -0.2) is 22.9 Å². The first-order valence-electron chi connectivity index (χ1n) is 4.84. The number of carboxylic acid groups (broad SMARTS) is 1. The fourth-order valence-electron chi connectivity index (χ4n) is 1.13. The molecule has 0 amide bonds. The van der Waals surface area contributed by atoms with Crippen LogP contribution in [-0.2, 0) is 9.59 Å². The second-order valence-corrected chi connectivity index (χ2v) is 3.36. The number of rotatable bonds is 5. The first-order chi connectivity index (χ1) is 7.59. The zero-order chi connectivity index (χ0) is 12.0. The summed E-state index contributed by atoms with van der Waals surface area (Å²) in [5.74, 6) is -1.46. The molecule has 4 nitrogen and oxygen atoms in total. The van der Waals surface area contributed by atoms with E-state index in [2.05, 4.69) is 0 Å². The number of aliphatic carboxylic acids is 1. The predicted molar refractivity (Wildman–Crippen MR) is 60.7 cm³/mol. The van der Waals surface area contributed by atoms with Crippen LogP contribution in [0.5, 0.6) is 0 Å². The molecule has 1 aromatic rings. The second-order valence-electron chi connectivity index (χ2n) is 3.36. The van der Waals surface area contributed by atoms with Gasteiger partial charge in [0.2, 0.25) is 0 Å². The molecular weight excluding hydrogens is 206 g/mol. The third kappa shape index (κ3) is 4.06. The van der Waals surface area contributed by atoms with Crippen LogP contribution >= 0.6 is 0 Å². The van der Waals surface area contributed by atoms with E-state index in [1.54, 1.807) is 6.08 Å². The molecular formula is C12H13NO3. The summed E-state index contributed by atoms with van der Waals surface area (Å²) in [6.07, 6.45) is 2.80. The average Bonchev–Trinajstić information content (AvgIpc) is 2.27. The predicted octanol–water partition coefficient (Wildman–Crippen LogP) is 1.07. The Kier molecular flexibility index (Phi) is 4.42. The molecule has 0 aliphatic carbocycles. The number of carbonyl (C=O) groups excluding carboxylic acids is 1. The zero-order valence-electron chi connectivity index (χ0n) is 8.67. The molecule has 0 saturated heterocycles. The molecule has 0 spiro atoms. The molecule has 0 aromatic heterocycles. The van der Waals surface area contributed by atoms with Gasteiger partial charge in [-0.15, -0.1) is 0 Å². The van der Waals surface area contributed by atoms with Gasteiger partial charge >= 0.3 is 5.97 Å². The van der Waals surface area contributed by atoms with E-state index in [0.29, 0.717) is 0 Å². The van der Waals surface area contributed by atoms with E-state index in [0.717, 1.165) is 5.56 Å². The Balaban J connectivity index is 2.52. The highest BCUT2D eigenvalue weighted by molar-refractivity contribution is 5.96. The van der Waals surface area contributed by atoms with Gasteiger partial charge < -0.3 is 10.8 Å². The summed E-state index contributed by atoms with van der Waals surface area (Å²) in [5, 5.41) is 8.51. The van der Waals surface area contributed by atoms with E-state index < -0.39 is 12.0 Å². The fourth-order valence-corrected chi connectivity index (χ4v) is 1.13. The lowest BCUT2D eigenvalue weighted by atomic mass is 10.1. The summed E-state index contributed by atoms with van der Waals surface area (Å²) in [6.45, 7) is 0. The number of nitrogens with two attached hydrogens (primary N) is 1. The van der Waals surface area contributed by atoms with Gasteiger partial charge in [0.25, 0.3) is 0 Å². The number of benzene rings is 1. The molecule has 0 unspecified atom stereocenters. The Labute approximate surface area is 93.4 Å². The number of allylic oxidation sites excluding steroid dienone is 1. The first kappa shape index (κ1) is 12.1. The minimum Gasteiger partial charge on any atom is -0.480 e. The summed E-state index contributed by atoms with van der Waals surface area (Å²) >= 11 is 0. The largest absolute Gasteiger partial charge is 0.480 e. The smallest absolute Gasteiger partial charge is 0.320 e. The highest BCUT2D eigenvalue weighted by Gasteiger charge is 2.14. The van der Waals surface area contributed by atoms with Crippen molar-refractivity contribution in [3.05, 3.63) is 42.0 Å². The third-order valence-electron chi connectivity index (χ3n) is 2.00. The number of hydrogen-bond acceptors (Lipinski definition) is 3. The Morgan fingerprint density at radius 1 is 1.31 bits per heavy atom. The highest BCUT2D eigenvalue weighted by Crippen LogP contribution is 2.02. The van der Waals surface area contributed by atoms with E-state index in [9.17, 15) is 9.59 Å². The maximum absolute atomic E-state index is 11.3. The van der Waals surface area contributed by atoms with Gasteiger partial charge in [-0.25, -0.2) is 0 Å². The number of hydrogen-bond donors (Lipinski definition) is 2. The fraction of sp³-hybridized carbons (Fsp3) is 0.167. The van der Waals surface area contributed by atoms with Crippen molar-refractivity contribution in [2.45, 2.75) is 12.5 Å². The molecule has 0 saturated carbocycles. The normalized spacial score (nSPS) is 12.6. The van der Waals surface area contributed by atoms with Crippen LogP contribution in [0.2, 0.25) is 0 Å². The van der Waals surface area contributed by atoms with Crippen LogP contribution in [0.1, 0.15) is 12.0 Å². The quantitative estimate of drug-likeness (QED) is 0.726. The van der Waals surface area contributed by atoms with Crippen molar-refractivity contribution in [3.8, 4) is 0 Å². The van der Waals surface area contributed by atoms with Gasteiger partial charge in [-0.2, -0.15) is 0 Å². The second kappa shape index (κ2) is 5.82. The molecule has 0 radical (unpaired) electrons. The standard InChI is InChI=1S/C12H13NO3/c13-11(12(15)16)8-10(14)7-6-9-4-2-1-3-5-9/h1-7,11H,8,13H2,(H,15,16)/t11-/m0/s1. The van der Waals surface area contributed by atoms with Gasteiger partial charge in [0, 0.05) is 6.42 Å². The molecule has 1 aromatic carbocycles. The van der Waals surface area contributed by atoms with Crippen molar-refractivity contribution in [1.82, 2.24) is 0 Å². The highest BCUT2D eigenvalue weighted by atomic mass is 16.4. The Morgan fingerprint density at radius 3 is 2.50 bits per heavy atom. The lowest BCUT2D eigenvalue weighted by Gasteiger charge is -2.01. The van der Waals surface area contributed by atoms with Gasteiger partial charge in [0.1, 0.15) is 6.04 Å². The summed E-state index contributed by atoms with van der Waals surface area (Å²) in [4.78, 5) is 21.7. The van der Waals surface area contributed by atoms with Crippen LogP contribution < -0.4 is 5.73 Å². The summed E-state index contributed by atoms with van der Waals surface area (Å²) in [5.41, 5.74) is 6.12. The molecule has 0 heterocycles. The van der Waals surface area contributed by atoms with Gasteiger partial charge in [-0.3, -0.25) is 9.59 Å². The van der Waals surface area contributed by atoms with E-state index in [1.165, 1.54) is 6.08 Å².